The van der Waals surface area contributed by atoms with Crippen LogP contribution in [-0.4, -0.2) is 36.1 Å². The van der Waals surface area contributed by atoms with Crippen molar-refractivity contribution in [3.63, 3.8) is 0 Å². The minimum Gasteiger partial charge on any atom is -0.311 e. The zero-order valence-corrected chi connectivity index (χ0v) is 13.1. The summed E-state index contributed by atoms with van der Waals surface area (Å²) in [5, 5.41) is 3.71. The number of unbranched alkanes of at least 4 members (excludes halogenated alkanes) is 4. The van der Waals surface area contributed by atoms with Gasteiger partial charge in [-0.25, -0.2) is 0 Å². The van der Waals surface area contributed by atoms with Gasteiger partial charge in [-0.05, 0) is 33.2 Å². The van der Waals surface area contributed by atoms with Gasteiger partial charge in [-0.2, -0.15) is 0 Å². The van der Waals surface area contributed by atoms with Crippen LogP contribution in [0.1, 0.15) is 72.6 Å². The van der Waals surface area contributed by atoms with Gasteiger partial charge in [0.05, 0.1) is 0 Å². The van der Waals surface area contributed by atoms with Crippen molar-refractivity contribution in [2.75, 3.05) is 19.6 Å². The fourth-order valence-corrected chi connectivity index (χ4v) is 2.93. The van der Waals surface area contributed by atoms with E-state index in [4.69, 9.17) is 0 Å². The van der Waals surface area contributed by atoms with Crippen molar-refractivity contribution in [2.24, 2.45) is 0 Å². The van der Waals surface area contributed by atoms with Crippen molar-refractivity contribution >= 4 is 0 Å². The third kappa shape index (κ3) is 5.27. The van der Waals surface area contributed by atoms with Crippen molar-refractivity contribution in [2.45, 2.75) is 84.2 Å². The molecule has 0 bridgehead atoms. The van der Waals surface area contributed by atoms with Crippen molar-refractivity contribution in [3.05, 3.63) is 0 Å². The Morgan fingerprint density at radius 3 is 2.44 bits per heavy atom. The van der Waals surface area contributed by atoms with Crippen LogP contribution in [0.3, 0.4) is 0 Å². The van der Waals surface area contributed by atoms with Gasteiger partial charge in [-0.3, -0.25) is 4.90 Å². The monoisotopic (exact) mass is 254 g/mol. The Bertz CT molecular complexity index is 213. The minimum atomic E-state index is 0.342. The molecule has 1 aliphatic heterocycles. The number of rotatable bonds is 8. The Kier molecular flexibility index (Phi) is 7.25. The van der Waals surface area contributed by atoms with Crippen LogP contribution in [0.15, 0.2) is 0 Å². The van der Waals surface area contributed by atoms with Crippen LogP contribution < -0.4 is 5.32 Å². The van der Waals surface area contributed by atoms with Crippen molar-refractivity contribution in [1.82, 2.24) is 10.2 Å². The van der Waals surface area contributed by atoms with Crippen molar-refractivity contribution in [1.29, 1.82) is 0 Å². The molecule has 0 radical (unpaired) electrons. The van der Waals surface area contributed by atoms with Gasteiger partial charge in [0, 0.05) is 24.7 Å². The third-order valence-electron chi connectivity index (χ3n) is 4.29. The summed E-state index contributed by atoms with van der Waals surface area (Å²) < 4.78 is 0. The highest BCUT2D eigenvalue weighted by atomic mass is 15.3. The van der Waals surface area contributed by atoms with E-state index in [0.717, 1.165) is 12.6 Å². The topological polar surface area (TPSA) is 15.3 Å². The largest absolute Gasteiger partial charge is 0.311 e. The summed E-state index contributed by atoms with van der Waals surface area (Å²) in [5.41, 5.74) is 0.342. The normalized spacial score (nSPS) is 24.3. The molecule has 0 amide bonds. The van der Waals surface area contributed by atoms with Gasteiger partial charge in [0.25, 0.3) is 0 Å². The number of hydrogen-bond acceptors (Lipinski definition) is 2. The standard InChI is InChI=1S/C16H34N2/c1-5-7-8-9-10-12-18-13-15(11-6-2)17-14-16(18,3)4/h15,17H,5-14H2,1-4H3. The maximum absolute atomic E-state index is 3.71. The average molecular weight is 254 g/mol. The third-order valence-corrected chi connectivity index (χ3v) is 4.29. The molecule has 1 atom stereocenters. The van der Waals surface area contributed by atoms with Crippen LogP contribution in [0.5, 0.6) is 0 Å². The van der Waals surface area contributed by atoms with E-state index in [1.807, 2.05) is 0 Å². The van der Waals surface area contributed by atoms with Gasteiger partial charge in [0.2, 0.25) is 0 Å². The Labute approximate surface area is 115 Å². The average Bonchev–Trinajstić information content (AvgIpc) is 2.33. The molecule has 0 aliphatic carbocycles. The first-order valence-corrected chi connectivity index (χ1v) is 8.08. The molecule has 1 unspecified atom stereocenters. The lowest BCUT2D eigenvalue weighted by Crippen LogP contribution is -2.61. The molecule has 2 nitrogen and oxygen atoms in total. The summed E-state index contributed by atoms with van der Waals surface area (Å²) in [7, 11) is 0. The first-order valence-electron chi connectivity index (χ1n) is 8.08. The molecule has 1 rings (SSSR count). The lowest BCUT2D eigenvalue weighted by Gasteiger charge is -2.46. The zero-order chi connectivity index (χ0) is 13.4. The van der Waals surface area contributed by atoms with Crippen molar-refractivity contribution < 1.29 is 0 Å². The number of nitrogens with one attached hydrogen (secondary N) is 1. The molecule has 0 aromatic heterocycles. The number of hydrogen-bond donors (Lipinski definition) is 1. The molecule has 1 heterocycles. The van der Waals surface area contributed by atoms with Gasteiger partial charge >= 0.3 is 0 Å². The molecule has 0 spiro atoms. The summed E-state index contributed by atoms with van der Waals surface area (Å²) in [6.07, 6.45) is 9.57. The lowest BCUT2D eigenvalue weighted by atomic mass is 9.95. The Balaban J connectivity index is 2.29. The molecule has 0 aromatic carbocycles. The van der Waals surface area contributed by atoms with Crippen LogP contribution in [0.2, 0.25) is 0 Å². The molecule has 18 heavy (non-hydrogen) atoms. The maximum Gasteiger partial charge on any atom is 0.0278 e. The second-order valence-electron chi connectivity index (χ2n) is 6.54. The van der Waals surface area contributed by atoms with Crippen LogP contribution in [0.4, 0.5) is 0 Å². The second kappa shape index (κ2) is 8.16. The summed E-state index contributed by atoms with van der Waals surface area (Å²) in [6, 6.07) is 0.721. The van der Waals surface area contributed by atoms with E-state index in [0.29, 0.717) is 5.54 Å². The molecule has 1 saturated heterocycles. The highest BCUT2D eigenvalue weighted by Gasteiger charge is 2.32. The molecular weight excluding hydrogens is 220 g/mol. The van der Waals surface area contributed by atoms with Gasteiger partial charge in [0.1, 0.15) is 0 Å². The van der Waals surface area contributed by atoms with E-state index in [9.17, 15) is 0 Å². The van der Waals surface area contributed by atoms with Gasteiger partial charge in [-0.15, -0.1) is 0 Å². The molecule has 2 heteroatoms. The molecule has 1 aliphatic rings. The van der Waals surface area contributed by atoms with Crippen LogP contribution >= 0.6 is 0 Å². The molecule has 1 fully saturated rings. The summed E-state index contributed by atoms with van der Waals surface area (Å²) in [4.78, 5) is 2.72. The zero-order valence-electron chi connectivity index (χ0n) is 13.1. The molecular formula is C16H34N2. The number of piperazine rings is 1. The van der Waals surface area contributed by atoms with E-state index < -0.39 is 0 Å². The Hall–Kier alpha value is -0.0800. The van der Waals surface area contributed by atoms with Crippen LogP contribution in [0.25, 0.3) is 0 Å². The SMILES string of the molecule is CCCCCCCN1CC(CCC)NCC1(C)C. The first kappa shape index (κ1) is 16.0. The van der Waals surface area contributed by atoms with Gasteiger partial charge in [0.15, 0.2) is 0 Å². The Morgan fingerprint density at radius 2 is 1.78 bits per heavy atom. The van der Waals surface area contributed by atoms with E-state index in [1.165, 1.54) is 58.0 Å². The molecule has 0 saturated carbocycles. The smallest absolute Gasteiger partial charge is 0.0278 e. The van der Waals surface area contributed by atoms with E-state index in [2.05, 4.69) is 37.9 Å². The fraction of sp³-hybridized carbons (Fsp3) is 1.00. The molecule has 1 N–H and O–H groups in total. The van der Waals surface area contributed by atoms with E-state index >= 15 is 0 Å². The predicted molar refractivity (Wildman–Crippen MR) is 81.1 cm³/mol. The molecule has 108 valence electrons. The lowest BCUT2D eigenvalue weighted by molar-refractivity contribution is 0.0620. The maximum atomic E-state index is 3.71. The molecule has 0 aromatic rings. The summed E-state index contributed by atoms with van der Waals surface area (Å²) in [5.74, 6) is 0. The minimum absolute atomic E-state index is 0.342. The first-order chi connectivity index (χ1) is 8.60. The van der Waals surface area contributed by atoms with Gasteiger partial charge in [-0.1, -0.05) is 46.0 Å². The van der Waals surface area contributed by atoms with Crippen LogP contribution in [-0.2, 0) is 0 Å². The van der Waals surface area contributed by atoms with E-state index in [-0.39, 0.29) is 0 Å². The highest BCUT2D eigenvalue weighted by molar-refractivity contribution is 4.92. The van der Waals surface area contributed by atoms with E-state index in [1.54, 1.807) is 0 Å². The number of nitrogens with zero attached hydrogens (tertiary/aromatic N) is 1. The quantitative estimate of drug-likeness (QED) is 0.663. The fourth-order valence-electron chi connectivity index (χ4n) is 2.93. The summed E-state index contributed by atoms with van der Waals surface area (Å²) in [6.45, 7) is 13.0. The highest BCUT2D eigenvalue weighted by Crippen LogP contribution is 2.21. The van der Waals surface area contributed by atoms with Crippen molar-refractivity contribution in [3.8, 4) is 0 Å². The Morgan fingerprint density at radius 1 is 1.06 bits per heavy atom. The predicted octanol–water partition coefficient (Wildman–Crippen LogP) is 3.81. The van der Waals surface area contributed by atoms with Gasteiger partial charge < -0.3 is 5.32 Å². The second-order valence-corrected chi connectivity index (χ2v) is 6.54. The van der Waals surface area contributed by atoms with Crippen LogP contribution in [0, 0.1) is 0 Å². The summed E-state index contributed by atoms with van der Waals surface area (Å²) >= 11 is 0.